The number of benzene rings is 1. The highest BCUT2D eigenvalue weighted by atomic mass is 16.6. The lowest BCUT2D eigenvalue weighted by Gasteiger charge is -2.43. The summed E-state index contributed by atoms with van der Waals surface area (Å²) in [6, 6.07) is 8.56. The highest BCUT2D eigenvalue weighted by Gasteiger charge is 2.46. The van der Waals surface area contributed by atoms with Crippen LogP contribution in [-0.2, 0) is 28.2 Å². The fourth-order valence-corrected chi connectivity index (χ4v) is 4.96. The van der Waals surface area contributed by atoms with Gasteiger partial charge < -0.3 is 14.0 Å². The molecule has 2 aliphatic heterocycles. The largest absolute Gasteiger partial charge is 0.490 e. The Morgan fingerprint density at radius 2 is 2.09 bits per heavy atom. The molecular formula is C25H25N3O5. The van der Waals surface area contributed by atoms with Crippen molar-refractivity contribution in [3.05, 3.63) is 79.8 Å². The lowest BCUT2D eigenvalue weighted by Crippen LogP contribution is -2.44. The van der Waals surface area contributed by atoms with Crippen molar-refractivity contribution in [2.75, 3.05) is 0 Å². The first-order chi connectivity index (χ1) is 15.6. The number of ether oxygens (including phenoxy) is 2. The maximum absolute atomic E-state index is 13.6. The third-order valence-electron chi connectivity index (χ3n) is 6.34. The molecule has 0 unspecified atom stereocenters. The Balaban J connectivity index is 1.77. The minimum atomic E-state index is -0.959. The van der Waals surface area contributed by atoms with E-state index in [4.69, 9.17) is 14.5 Å². The Morgan fingerprint density at radius 3 is 2.76 bits per heavy atom. The molecule has 5 rings (SSSR count). The Kier molecular flexibility index (Phi) is 4.52. The molecule has 170 valence electrons. The van der Waals surface area contributed by atoms with Gasteiger partial charge in [-0.15, -0.1) is 0 Å². The maximum Gasteiger partial charge on any atom is 0.278 e. The number of rotatable bonds is 3. The van der Waals surface area contributed by atoms with Crippen LogP contribution in [0.4, 0.5) is 5.69 Å². The SMILES string of the molecule is C=C1OCc2c(cc3n(c2=O)Cc2cc4c([N+](=O)[O-])cccc4nc2-3)[C@]1(CC)OC(C)(C)C. The second-order valence-corrected chi connectivity index (χ2v) is 9.52. The van der Waals surface area contributed by atoms with Crippen LogP contribution in [0.1, 0.15) is 50.8 Å². The van der Waals surface area contributed by atoms with Crippen molar-refractivity contribution < 1.29 is 14.4 Å². The molecule has 0 fully saturated rings. The summed E-state index contributed by atoms with van der Waals surface area (Å²) in [5.41, 5.74) is 2.28. The molecule has 8 heteroatoms. The van der Waals surface area contributed by atoms with Gasteiger partial charge in [0.05, 0.1) is 44.9 Å². The van der Waals surface area contributed by atoms with Crippen LogP contribution >= 0.6 is 0 Å². The first-order valence-electron chi connectivity index (χ1n) is 10.9. The van der Waals surface area contributed by atoms with E-state index in [1.54, 1.807) is 22.8 Å². The van der Waals surface area contributed by atoms with Crippen molar-refractivity contribution in [1.29, 1.82) is 0 Å². The number of aromatic nitrogens is 2. The molecule has 0 N–H and O–H groups in total. The van der Waals surface area contributed by atoms with Crippen LogP contribution in [0, 0.1) is 10.1 Å². The number of hydrogen-bond acceptors (Lipinski definition) is 6. The first kappa shape index (κ1) is 21.3. The molecule has 0 bridgehead atoms. The number of non-ortho nitro benzene ring substituents is 1. The van der Waals surface area contributed by atoms with Crippen LogP contribution in [0.5, 0.6) is 0 Å². The number of nitro groups is 1. The number of nitrogens with zero attached hydrogens (tertiary/aromatic N) is 3. The summed E-state index contributed by atoms with van der Waals surface area (Å²) in [5, 5.41) is 12.0. The normalized spacial score (nSPS) is 19.1. The average Bonchev–Trinajstić information content (AvgIpc) is 3.11. The summed E-state index contributed by atoms with van der Waals surface area (Å²) in [6.07, 6.45) is 0.545. The van der Waals surface area contributed by atoms with E-state index in [2.05, 4.69) is 6.58 Å². The van der Waals surface area contributed by atoms with E-state index in [9.17, 15) is 14.9 Å². The topological polar surface area (TPSA) is 96.5 Å². The molecule has 3 aromatic rings. The first-order valence-corrected chi connectivity index (χ1v) is 10.9. The molecule has 2 aliphatic rings. The van der Waals surface area contributed by atoms with Crippen molar-refractivity contribution >= 4 is 16.6 Å². The van der Waals surface area contributed by atoms with E-state index in [-0.39, 0.29) is 17.9 Å². The summed E-state index contributed by atoms with van der Waals surface area (Å²) >= 11 is 0. The fraction of sp³-hybridized carbons (Fsp3) is 0.360. The monoisotopic (exact) mass is 447 g/mol. The number of fused-ring (bicyclic) bond motifs is 5. The molecule has 33 heavy (non-hydrogen) atoms. The molecule has 0 aliphatic carbocycles. The lowest BCUT2D eigenvalue weighted by molar-refractivity contribution is -0.383. The predicted molar refractivity (Wildman–Crippen MR) is 124 cm³/mol. The smallest absolute Gasteiger partial charge is 0.278 e. The Bertz CT molecular complexity index is 1420. The van der Waals surface area contributed by atoms with Gasteiger partial charge in [0.1, 0.15) is 12.4 Å². The maximum atomic E-state index is 13.6. The number of pyridine rings is 2. The number of hydrogen-bond donors (Lipinski definition) is 0. The van der Waals surface area contributed by atoms with E-state index >= 15 is 0 Å². The summed E-state index contributed by atoms with van der Waals surface area (Å²) in [6.45, 7) is 12.4. The summed E-state index contributed by atoms with van der Waals surface area (Å²) in [5.74, 6) is 0.483. The Hall–Kier alpha value is -3.52. The van der Waals surface area contributed by atoms with Crippen LogP contribution < -0.4 is 5.56 Å². The van der Waals surface area contributed by atoms with E-state index in [0.717, 1.165) is 11.1 Å². The zero-order valence-electron chi connectivity index (χ0n) is 19.1. The van der Waals surface area contributed by atoms with Crippen LogP contribution in [-0.4, -0.2) is 20.1 Å². The quantitative estimate of drug-likeness (QED) is 0.331. The third kappa shape index (κ3) is 3.08. The second kappa shape index (κ2) is 6.99. The average molecular weight is 447 g/mol. The molecule has 4 heterocycles. The van der Waals surface area contributed by atoms with E-state index < -0.39 is 16.1 Å². The minimum Gasteiger partial charge on any atom is -0.490 e. The van der Waals surface area contributed by atoms with Crippen LogP contribution in [0.3, 0.4) is 0 Å². The van der Waals surface area contributed by atoms with Crippen molar-refractivity contribution in [2.45, 2.75) is 58.5 Å². The van der Waals surface area contributed by atoms with E-state index in [1.807, 2.05) is 33.8 Å². The summed E-state index contributed by atoms with van der Waals surface area (Å²) in [4.78, 5) is 29.4. The van der Waals surface area contributed by atoms with Crippen molar-refractivity contribution in [3.8, 4) is 11.4 Å². The predicted octanol–water partition coefficient (Wildman–Crippen LogP) is 4.80. The minimum absolute atomic E-state index is 0.00123. The molecule has 1 atom stereocenters. The van der Waals surface area contributed by atoms with Gasteiger partial charge in [-0.2, -0.15) is 0 Å². The van der Waals surface area contributed by atoms with Gasteiger partial charge in [-0.1, -0.05) is 19.6 Å². The standard InChI is InChI=1S/C25H25N3O5/c1-6-25(33-24(3,4)5)14(2)32-13-17-18(25)11-21-22-15(12-27(21)23(17)29)10-16-19(26-22)8-7-9-20(16)28(30)31/h7-11H,2,6,12-13H2,1,3-5H3/t25-/m1/s1. The van der Waals surface area contributed by atoms with Gasteiger partial charge in [0, 0.05) is 17.2 Å². The van der Waals surface area contributed by atoms with Crippen molar-refractivity contribution in [2.24, 2.45) is 0 Å². The molecule has 0 spiro atoms. The highest BCUT2D eigenvalue weighted by Crippen LogP contribution is 2.46. The van der Waals surface area contributed by atoms with Gasteiger partial charge in [0.15, 0.2) is 5.60 Å². The molecule has 2 aromatic heterocycles. The van der Waals surface area contributed by atoms with Gasteiger partial charge in [-0.3, -0.25) is 14.9 Å². The molecule has 0 saturated carbocycles. The van der Waals surface area contributed by atoms with Crippen LogP contribution in [0.15, 0.2) is 47.5 Å². The van der Waals surface area contributed by atoms with Crippen LogP contribution in [0.25, 0.3) is 22.3 Å². The zero-order valence-corrected chi connectivity index (χ0v) is 19.1. The van der Waals surface area contributed by atoms with E-state index in [0.29, 0.717) is 46.6 Å². The van der Waals surface area contributed by atoms with Gasteiger partial charge in [-0.25, -0.2) is 4.98 Å². The zero-order chi connectivity index (χ0) is 23.7. The Labute approximate surface area is 190 Å². The Morgan fingerprint density at radius 1 is 1.33 bits per heavy atom. The summed E-state index contributed by atoms with van der Waals surface area (Å²) in [7, 11) is 0. The molecule has 8 nitrogen and oxygen atoms in total. The van der Waals surface area contributed by atoms with Gasteiger partial charge >= 0.3 is 0 Å². The summed E-state index contributed by atoms with van der Waals surface area (Å²) < 4.78 is 14.0. The number of nitro benzene ring substituents is 1. The third-order valence-corrected chi connectivity index (χ3v) is 6.34. The van der Waals surface area contributed by atoms with Crippen molar-refractivity contribution in [3.63, 3.8) is 0 Å². The molecular weight excluding hydrogens is 422 g/mol. The fourth-order valence-electron chi connectivity index (χ4n) is 4.96. The van der Waals surface area contributed by atoms with E-state index in [1.165, 1.54) is 6.07 Å². The van der Waals surface area contributed by atoms with Crippen molar-refractivity contribution in [1.82, 2.24) is 9.55 Å². The molecule has 0 saturated heterocycles. The molecule has 0 amide bonds. The lowest BCUT2D eigenvalue weighted by atomic mass is 9.83. The highest BCUT2D eigenvalue weighted by molar-refractivity contribution is 5.91. The van der Waals surface area contributed by atoms with Gasteiger partial charge in [-0.05, 0) is 45.4 Å². The van der Waals surface area contributed by atoms with Crippen LogP contribution in [0.2, 0.25) is 0 Å². The van der Waals surface area contributed by atoms with Gasteiger partial charge in [0.2, 0.25) is 0 Å². The molecule has 1 aromatic carbocycles. The van der Waals surface area contributed by atoms with Gasteiger partial charge in [0.25, 0.3) is 11.2 Å². The second-order valence-electron chi connectivity index (χ2n) is 9.52. The molecule has 0 radical (unpaired) electrons.